The summed E-state index contributed by atoms with van der Waals surface area (Å²) in [5.41, 5.74) is 2.20. The molecule has 0 aliphatic carbocycles. The van der Waals surface area contributed by atoms with Crippen LogP contribution in [0.2, 0.25) is 0 Å². The van der Waals surface area contributed by atoms with E-state index in [4.69, 9.17) is 13.9 Å². The maximum atomic E-state index is 9.36. The fourth-order valence-corrected chi connectivity index (χ4v) is 2.73. The van der Waals surface area contributed by atoms with Gasteiger partial charge in [-0.3, -0.25) is 0 Å². The molecule has 0 radical (unpaired) electrons. The molecule has 1 aromatic heterocycles. The number of anilines is 1. The Bertz CT molecular complexity index is 1000. The molecule has 0 amide bonds. The lowest BCUT2D eigenvalue weighted by atomic mass is 10.1. The summed E-state index contributed by atoms with van der Waals surface area (Å²) in [6.45, 7) is 2.00. The van der Waals surface area contributed by atoms with Crippen LogP contribution in [0.1, 0.15) is 35.7 Å². The molecule has 2 aromatic carbocycles. The fraction of sp³-hybridized carbons (Fsp3) is 0.182. The van der Waals surface area contributed by atoms with Gasteiger partial charge in [0.15, 0.2) is 11.5 Å². The Morgan fingerprint density at radius 2 is 1.82 bits per heavy atom. The summed E-state index contributed by atoms with van der Waals surface area (Å²) in [6.07, 6.45) is 3.54. The van der Waals surface area contributed by atoms with Gasteiger partial charge < -0.3 is 19.2 Å². The van der Waals surface area contributed by atoms with Gasteiger partial charge in [0.05, 0.1) is 20.3 Å². The van der Waals surface area contributed by atoms with Crippen LogP contribution in [0.15, 0.2) is 52.9 Å². The van der Waals surface area contributed by atoms with Gasteiger partial charge in [-0.15, -0.1) is 0 Å². The van der Waals surface area contributed by atoms with Gasteiger partial charge in [0.25, 0.3) is 0 Å². The molecule has 142 valence electrons. The zero-order valence-electron chi connectivity index (χ0n) is 16.0. The molecule has 0 spiro atoms. The van der Waals surface area contributed by atoms with Gasteiger partial charge in [-0.1, -0.05) is 36.4 Å². The van der Waals surface area contributed by atoms with Crippen molar-refractivity contribution in [3.8, 4) is 17.6 Å². The molecule has 1 N–H and O–H groups in total. The van der Waals surface area contributed by atoms with Crippen LogP contribution in [0.4, 0.5) is 5.88 Å². The van der Waals surface area contributed by atoms with Crippen LogP contribution in [0.25, 0.3) is 12.2 Å². The van der Waals surface area contributed by atoms with Crippen molar-refractivity contribution in [3.05, 3.63) is 71.2 Å². The van der Waals surface area contributed by atoms with Gasteiger partial charge in [0.2, 0.25) is 17.5 Å². The maximum Gasteiger partial charge on any atom is 0.233 e. The lowest BCUT2D eigenvalue weighted by Crippen LogP contribution is -2.06. The quantitative estimate of drug-likeness (QED) is 0.632. The van der Waals surface area contributed by atoms with E-state index in [9.17, 15) is 5.26 Å². The summed E-state index contributed by atoms with van der Waals surface area (Å²) in [5.74, 6) is 1.98. The normalized spacial score (nSPS) is 11.8. The monoisotopic (exact) mass is 375 g/mol. The summed E-state index contributed by atoms with van der Waals surface area (Å²) in [7, 11) is 3.18. The predicted molar refractivity (Wildman–Crippen MR) is 108 cm³/mol. The highest BCUT2D eigenvalue weighted by Crippen LogP contribution is 2.29. The summed E-state index contributed by atoms with van der Waals surface area (Å²) in [5, 5.41) is 12.6. The number of rotatable bonds is 7. The first kappa shape index (κ1) is 19.1. The number of hydrogen-bond donors (Lipinski definition) is 1. The number of nitrogens with one attached hydrogen (secondary N) is 1. The van der Waals surface area contributed by atoms with E-state index in [2.05, 4.69) is 16.4 Å². The minimum absolute atomic E-state index is 0.0241. The van der Waals surface area contributed by atoms with E-state index < -0.39 is 0 Å². The second kappa shape index (κ2) is 8.78. The molecule has 0 saturated carbocycles. The standard InChI is InChI=1S/C22H21N3O3/c1-15(17-7-5-4-6-8-17)24-22-18(14-23)25-21(28-22)12-10-16-9-11-19(26-2)20(13-16)27-3/h4-13,15,24H,1-3H3/b12-10+/t15-/m1/s1. The summed E-state index contributed by atoms with van der Waals surface area (Å²) in [6, 6.07) is 17.5. The molecule has 0 saturated heterocycles. The number of nitriles is 1. The molecule has 0 fully saturated rings. The van der Waals surface area contributed by atoms with Crippen LogP contribution in [-0.4, -0.2) is 19.2 Å². The van der Waals surface area contributed by atoms with E-state index in [1.165, 1.54) is 0 Å². The molecule has 3 rings (SSSR count). The van der Waals surface area contributed by atoms with E-state index >= 15 is 0 Å². The van der Waals surface area contributed by atoms with E-state index in [1.807, 2.05) is 61.5 Å². The number of ether oxygens (including phenoxy) is 2. The number of oxazole rings is 1. The van der Waals surface area contributed by atoms with Crippen LogP contribution >= 0.6 is 0 Å². The molecule has 3 aromatic rings. The first-order valence-electron chi connectivity index (χ1n) is 8.77. The van der Waals surface area contributed by atoms with Crippen LogP contribution in [0.3, 0.4) is 0 Å². The van der Waals surface area contributed by atoms with Gasteiger partial charge in [0, 0.05) is 6.08 Å². The van der Waals surface area contributed by atoms with Gasteiger partial charge in [-0.05, 0) is 36.3 Å². The molecule has 0 bridgehead atoms. The molecule has 28 heavy (non-hydrogen) atoms. The Kier molecular flexibility index (Phi) is 5.97. The largest absolute Gasteiger partial charge is 0.493 e. The lowest BCUT2D eigenvalue weighted by molar-refractivity contribution is 0.355. The van der Waals surface area contributed by atoms with Crippen LogP contribution in [0, 0.1) is 11.3 Å². The Balaban J connectivity index is 1.79. The van der Waals surface area contributed by atoms with Gasteiger partial charge in [0.1, 0.15) is 6.07 Å². The number of hydrogen-bond acceptors (Lipinski definition) is 6. The van der Waals surface area contributed by atoms with Gasteiger partial charge in [-0.25, -0.2) is 0 Å². The van der Waals surface area contributed by atoms with Crippen molar-refractivity contribution in [1.29, 1.82) is 5.26 Å². The third kappa shape index (κ3) is 4.33. The highest BCUT2D eigenvalue weighted by molar-refractivity contribution is 5.69. The van der Waals surface area contributed by atoms with Crippen molar-refractivity contribution < 1.29 is 13.9 Å². The minimum Gasteiger partial charge on any atom is -0.493 e. The highest BCUT2D eigenvalue weighted by Gasteiger charge is 2.15. The number of nitrogens with zero attached hydrogens (tertiary/aromatic N) is 2. The first-order valence-corrected chi connectivity index (χ1v) is 8.77. The van der Waals surface area contributed by atoms with Gasteiger partial charge in [-0.2, -0.15) is 10.2 Å². The topological polar surface area (TPSA) is 80.3 Å². The van der Waals surface area contributed by atoms with Crippen molar-refractivity contribution in [2.45, 2.75) is 13.0 Å². The third-order valence-corrected chi connectivity index (χ3v) is 4.22. The van der Waals surface area contributed by atoms with Crippen LogP contribution in [-0.2, 0) is 0 Å². The zero-order valence-corrected chi connectivity index (χ0v) is 16.0. The predicted octanol–water partition coefficient (Wildman–Crippen LogP) is 4.91. The molecule has 1 atom stereocenters. The molecule has 0 aliphatic heterocycles. The van der Waals surface area contributed by atoms with Crippen molar-refractivity contribution in [3.63, 3.8) is 0 Å². The minimum atomic E-state index is -0.0241. The van der Waals surface area contributed by atoms with E-state index in [-0.39, 0.29) is 11.7 Å². The number of aromatic nitrogens is 1. The van der Waals surface area contributed by atoms with Crippen molar-refractivity contribution >= 4 is 18.0 Å². The lowest BCUT2D eigenvalue weighted by Gasteiger charge is -2.12. The Morgan fingerprint density at radius 3 is 2.50 bits per heavy atom. The number of benzene rings is 2. The Morgan fingerprint density at radius 1 is 1.07 bits per heavy atom. The summed E-state index contributed by atoms with van der Waals surface area (Å²) < 4.78 is 16.3. The Labute approximate surface area is 164 Å². The van der Waals surface area contributed by atoms with Crippen molar-refractivity contribution in [2.24, 2.45) is 0 Å². The van der Waals surface area contributed by atoms with E-state index in [0.29, 0.717) is 23.3 Å². The first-order chi connectivity index (χ1) is 13.6. The molecule has 6 nitrogen and oxygen atoms in total. The second-order valence-electron chi connectivity index (χ2n) is 6.07. The van der Waals surface area contributed by atoms with Crippen molar-refractivity contribution in [2.75, 3.05) is 19.5 Å². The van der Waals surface area contributed by atoms with Crippen molar-refractivity contribution in [1.82, 2.24) is 4.98 Å². The molecule has 1 heterocycles. The van der Waals surface area contributed by atoms with E-state index in [0.717, 1.165) is 11.1 Å². The SMILES string of the molecule is COc1ccc(/C=C/c2nc(C#N)c(N[C@H](C)c3ccccc3)o2)cc1OC. The molecular weight excluding hydrogens is 354 g/mol. The number of methoxy groups -OCH3 is 2. The fourth-order valence-electron chi connectivity index (χ4n) is 2.73. The summed E-state index contributed by atoms with van der Waals surface area (Å²) >= 11 is 0. The average Bonchev–Trinajstić information content (AvgIpc) is 3.14. The smallest absolute Gasteiger partial charge is 0.233 e. The second-order valence-corrected chi connectivity index (χ2v) is 6.07. The highest BCUT2D eigenvalue weighted by atomic mass is 16.5. The average molecular weight is 375 g/mol. The summed E-state index contributed by atoms with van der Waals surface area (Å²) in [4.78, 5) is 4.23. The van der Waals surface area contributed by atoms with Crippen LogP contribution < -0.4 is 14.8 Å². The molecule has 6 heteroatoms. The maximum absolute atomic E-state index is 9.36. The Hall–Kier alpha value is -3.72. The van der Waals surface area contributed by atoms with Gasteiger partial charge >= 0.3 is 0 Å². The van der Waals surface area contributed by atoms with Crippen LogP contribution in [0.5, 0.6) is 11.5 Å². The molecule has 0 unspecified atom stereocenters. The molecule has 0 aliphatic rings. The molecular formula is C22H21N3O3. The third-order valence-electron chi connectivity index (χ3n) is 4.22. The van der Waals surface area contributed by atoms with E-state index in [1.54, 1.807) is 20.3 Å². The zero-order chi connectivity index (χ0) is 19.9.